The fourth-order valence-corrected chi connectivity index (χ4v) is 0.828. The third kappa shape index (κ3) is 11.5. The van der Waals surface area contributed by atoms with Crippen molar-refractivity contribution < 1.29 is 47.7 Å². The Hall–Kier alpha value is -2.37. The van der Waals surface area contributed by atoms with Crippen LogP contribution in [0.1, 0.15) is 19.8 Å². The molecule has 9 nitrogen and oxygen atoms in total. The second-order valence-electron chi connectivity index (χ2n) is 3.92. The van der Waals surface area contributed by atoms with E-state index in [1.807, 2.05) is 0 Å². The summed E-state index contributed by atoms with van der Waals surface area (Å²) in [7, 11) is 0. The smallest absolute Gasteiger partial charge is 0.481 e. The van der Waals surface area contributed by atoms with Gasteiger partial charge >= 0.3 is 24.1 Å². The number of hydrogen-bond donors (Lipinski definition) is 5. The van der Waals surface area contributed by atoms with Gasteiger partial charge in [-0.15, -0.1) is 0 Å². The van der Waals surface area contributed by atoms with Crippen LogP contribution in [0.2, 0.25) is 0 Å². The number of carboxylic acids is 3. The van der Waals surface area contributed by atoms with Gasteiger partial charge in [0.2, 0.25) is 5.91 Å². The molecule has 0 aliphatic carbocycles. The summed E-state index contributed by atoms with van der Waals surface area (Å²) in [5.41, 5.74) is 5.22. The highest BCUT2D eigenvalue weighted by molar-refractivity contribution is 5.86. The molecule has 22 heavy (non-hydrogen) atoms. The van der Waals surface area contributed by atoms with Crippen molar-refractivity contribution in [1.29, 1.82) is 0 Å². The van der Waals surface area contributed by atoms with Gasteiger partial charge in [0.15, 0.2) is 0 Å². The van der Waals surface area contributed by atoms with Gasteiger partial charge < -0.3 is 26.4 Å². The molecule has 0 aromatic rings. The van der Waals surface area contributed by atoms with E-state index < -0.39 is 42.1 Å². The van der Waals surface area contributed by atoms with E-state index >= 15 is 0 Å². The maximum absolute atomic E-state index is 11.1. The Morgan fingerprint density at radius 3 is 1.77 bits per heavy atom. The zero-order valence-corrected chi connectivity index (χ0v) is 11.3. The van der Waals surface area contributed by atoms with Crippen LogP contribution in [0.15, 0.2) is 0 Å². The number of rotatable bonds is 6. The van der Waals surface area contributed by atoms with Crippen molar-refractivity contribution in [3.63, 3.8) is 0 Å². The van der Waals surface area contributed by atoms with Crippen molar-refractivity contribution >= 4 is 23.8 Å². The summed E-state index contributed by atoms with van der Waals surface area (Å²) in [4.78, 5) is 40.8. The summed E-state index contributed by atoms with van der Waals surface area (Å²) in [6.45, 7) is 1.41. The zero-order chi connectivity index (χ0) is 18.1. The van der Waals surface area contributed by atoms with Crippen molar-refractivity contribution in [3.8, 4) is 0 Å². The molecule has 0 radical (unpaired) electrons. The normalized spacial score (nSPS) is 13.1. The quantitative estimate of drug-likeness (QED) is 0.430. The summed E-state index contributed by atoms with van der Waals surface area (Å²) in [5.74, 6) is -5.76. The molecule has 0 aromatic carbocycles. The molecule has 0 saturated heterocycles. The molecule has 0 saturated carbocycles. The summed E-state index contributed by atoms with van der Waals surface area (Å²) >= 11 is 0. The first-order valence-corrected chi connectivity index (χ1v) is 5.59. The zero-order valence-electron chi connectivity index (χ0n) is 11.3. The Morgan fingerprint density at radius 2 is 1.55 bits per heavy atom. The molecule has 12 heteroatoms. The minimum atomic E-state index is -5.08. The van der Waals surface area contributed by atoms with Crippen LogP contribution in [0, 0.1) is 0 Å². The van der Waals surface area contributed by atoms with Crippen LogP contribution in [0.4, 0.5) is 13.2 Å². The molecule has 0 aliphatic rings. The first kappa shape index (κ1) is 21.9. The number of amides is 1. The number of nitrogens with two attached hydrogens (primary N) is 1. The van der Waals surface area contributed by atoms with E-state index in [0.717, 1.165) is 0 Å². The molecule has 0 aromatic heterocycles. The lowest BCUT2D eigenvalue weighted by Gasteiger charge is -2.14. The highest BCUT2D eigenvalue weighted by atomic mass is 19.4. The molecule has 0 bridgehead atoms. The third-order valence-corrected chi connectivity index (χ3v) is 1.92. The highest BCUT2D eigenvalue weighted by Crippen LogP contribution is 2.13. The molecule has 0 fully saturated rings. The van der Waals surface area contributed by atoms with E-state index in [1.54, 1.807) is 0 Å². The van der Waals surface area contributed by atoms with Crippen LogP contribution in [0.3, 0.4) is 0 Å². The monoisotopic (exact) mass is 332 g/mol. The lowest BCUT2D eigenvalue weighted by molar-refractivity contribution is -0.192. The van der Waals surface area contributed by atoms with Gasteiger partial charge in [0.25, 0.3) is 0 Å². The largest absolute Gasteiger partial charge is 0.490 e. The Morgan fingerprint density at radius 1 is 1.14 bits per heavy atom. The average Bonchev–Trinajstić information content (AvgIpc) is 2.32. The van der Waals surface area contributed by atoms with Crippen molar-refractivity contribution in [2.75, 3.05) is 0 Å². The molecule has 1 unspecified atom stereocenters. The van der Waals surface area contributed by atoms with Crippen molar-refractivity contribution in [1.82, 2.24) is 5.32 Å². The Labute approximate surface area is 121 Å². The molecule has 6 N–H and O–H groups in total. The van der Waals surface area contributed by atoms with Crippen LogP contribution in [0.5, 0.6) is 0 Å². The second kappa shape index (κ2) is 9.55. The van der Waals surface area contributed by atoms with Gasteiger partial charge in [0, 0.05) is 6.42 Å². The number of carboxylic acid groups (broad SMARTS) is 3. The number of halogens is 3. The number of carbonyl (C=O) groups excluding carboxylic acids is 1. The maximum atomic E-state index is 11.1. The summed E-state index contributed by atoms with van der Waals surface area (Å²) in [6, 6.07) is -2.03. The van der Waals surface area contributed by atoms with Gasteiger partial charge in [-0.25, -0.2) is 9.59 Å². The molecule has 1 amide bonds. The Balaban J connectivity index is 0. The highest BCUT2D eigenvalue weighted by Gasteiger charge is 2.38. The molecule has 0 spiro atoms. The van der Waals surface area contributed by atoms with Crippen molar-refractivity contribution in [2.24, 2.45) is 5.73 Å². The number of carbonyl (C=O) groups is 4. The Kier molecular flexibility index (Phi) is 9.51. The van der Waals surface area contributed by atoms with E-state index in [1.165, 1.54) is 6.92 Å². The number of alkyl halides is 3. The minimum Gasteiger partial charge on any atom is -0.481 e. The van der Waals surface area contributed by atoms with E-state index in [2.05, 4.69) is 5.32 Å². The van der Waals surface area contributed by atoms with Gasteiger partial charge in [-0.3, -0.25) is 9.59 Å². The predicted octanol–water partition coefficient (Wildman–Crippen LogP) is -0.599. The van der Waals surface area contributed by atoms with Gasteiger partial charge in [-0.05, 0) is 13.3 Å². The summed E-state index contributed by atoms with van der Waals surface area (Å²) in [5, 5.41) is 26.3. The average molecular weight is 332 g/mol. The summed E-state index contributed by atoms with van der Waals surface area (Å²) < 4.78 is 31.7. The second-order valence-corrected chi connectivity index (χ2v) is 3.92. The topological polar surface area (TPSA) is 167 Å². The first-order valence-electron chi connectivity index (χ1n) is 5.59. The van der Waals surface area contributed by atoms with Crippen LogP contribution in [-0.4, -0.2) is 57.4 Å². The fraction of sp³-hybridized carbons (Fsp3) is 0.600. The first-order chi connectivity index (χ1) is 9.78. The molecule has 0 heterocycles. The lowest BCUT2D eigenvalue weighted by Crippen LogP contribution is -2.47. The molecular formula is C10H15F3N2O7. The standard InChI is InChI=1S/C8H14N2O5.C2HF3O2/c1-4(9)7(13)10-5(8(14)15)2-3-6(11)12;3-2(4,5)1(6)7/h4-5H,2-3,9H2,1H3,(H,10,13)(H,11,12)(H,14,15);(H,6,7)/t4?,5-;/m1./s1. The number of hydrogen-bond acceptors (Lipinski definition) is 5. The molecule has 2 atom stereocenters. The third-order valence-electron chi connectivity index (χ3n) is 1.92. The van der Waals surface area contributed by atoms with E-state index in [9.17, 15) is 27.6 Å². The number of aliphatic carboxylic acids is 3. The maximum Gasteiger partial charge on any atom is 0.490 e. The molecule has 128 valence electrons. The lowest BCUT2D eigenvalue weighted by atomic mass is 10.1. The minimum absolute atomic E-state index is 0.164. The number of nitrogens with one attached hydrogen (secondary N) is 1. The van der Waals surface area contributed by atoms with E-state index in [4.69, 9.17) is 25.8 Å². The van der Waals surface area contributed by atoms with Gasteiger partial charge in [-0.1, -0.05) is 0 Å². The van der Waals surface area contributed by atoms with Crippen molar-refractivity contribution in [3.05, 3.63) is 0 Å². The van der Waals surface area contributed by atoms with E-state index in [0.29, 0.717) is 0 Å². The van der Waals surface area contributed by atoms with Crippen LogP contribution < -0.4 is 11.1 Å². The SMILES string of the molecule is CC(N)C(=O)N[C@H](CCC(=O)O)C(=O)O.O=C(O)C(F)(F)F. The Bertz CT molecular complexity index is 423. The van der Waals surface area contributed by atoms with Crippen LogP contribution in [-0.2, 0) is 19.2 Å². The van der Waals surface area contributed by atoms with Crippen molar-refractivity contribution in [2.45, 2.75) is 38.0 Å². The van der Waals surface area contributed by atoms with Gasteiger partial charge in [0.1, 0.15) is 6.04 Å². The van der Waals surface area contributed by atoms with E-state index in [-0.39, 0.29) is 12.8 Å². The fourth-order valence-electron chi connectivity index (χ4n) is 0.828. The predicted molar refractivity (Wildman–Crippen MR) is 63.8 cm³/mol. The molecular weight excluding hydrogens is 317 g/mol. The van der Waals surface area contributed by atoms with Gasteiger partial charge in [-0.2, -0.15) is 13.2 Å². The summed E-state index contributed by atoms with van der Waals surface area (Å²) in [6.07, 6.45) is -5.57. The van der Waals surface area contributed by atoms with Crippen LogP contribution >= 0.6 is 0 Å². The molecule has 0 aliphatic heterocycles. The van der Waals surface area contributed by atoms with Gasteiger partial charge in [0.05, 0.1) is 6.04 Å². The van der Waals surface area contributed by atoms with Crippen LogP contribution in [0.25, 0.3) is 0 Å². The molecule has 0 rings (SSSR count).